The van der Waals surface area contributed by atoms with Crippen molar-refractivity contribution in [2.24, 2.45) is 0 Å². The van der Waals surface area contributed by atoms with Gasteiger partial charge >= 0.3 is 59.1 Å². The summed E-state index contributed by atoms with van der Waals surface area (Å²) in [4.78, 5) is 22.1. The van der Waals surface area contributed by atoms with Crippen LogP contribution in [0.1, 0.15) is 31.8 Å². The first-order valence-corrected chi connectivity index (χ1v) is 12.6. The Morgan fingerprint density at radius 2 is 0.881 bits per heavy atom. The largest absolute Gasteiger partial charge is 1.00 e. The molecule has 0 amide bonds. The minimum absolute atomic E-state index is 0. The van der Waals surface area contributed by atoms with Gasteiger partial charge in [0.05, 0.1) is 43.4 Å². The van der Waals surface area contributed by atoms with Gasteiger partial charge in [-0.1, -0.05) is 94.9 Å². The van der Waals surface area contributed by atoms with Crippen LogP contribution in [0.15, 0.2) is 72.8 Å². The Balaban J connectivity index is 0. The first kappa shape index (κ1) is 42.6. The van der Waals surface area contributed by atoms with Gasteiger partial charge in [-0.25, -0.2) is 0 Å². The molecule has 0 atom stereocenters. The summed E-state index contributed by atoms with van der Waals surface area (Å²) in [5.74, 6) is -2.52. The SMILES string of the molecule is Cc1ccc(Cl)c(Nc2ccccc2C(=O)[O-])c1Cl.Cc1ccc(Cl)c(Nc2ccccc2C(=O)[O-])c1Cl.O.O.[Na+].[Na+]. The van der Waals surface area contributed by atoms with Gasteiger partial charge in [0.25, 0.3) is 0 Å². The van der Waals surface area contributed by atoms with Crippen molar-refractivity contribution in [3.05, 3.63) is 115 Å². The first-order chi connectivity index (χ1) is 18.0. The van der Waals surface area contributed by atoms with Gasteiger partial charge in [-0.2, -0.15) is 0 Å². The molecule has 14 heteroatoms. The predicted octanol–water partition coefficient (Wildman–Crippen LogP) is -0.824. The van der Waals surface area contributed by atoms with Crippen molar-refractivity contribution in [1.82, 2.24) is 0 Å². The number of carboxylic acids is 2. The number of anilines is 4. The molecular weight excluding hydrogens is 648 g/mol. The Labute approximate surface area is 307 Å². The van der Waals surface area contributed by atoms with E-state index in [4.69, 9.17) is 46.4 Å². The van der Waals surface area contributed by atoms with Crippen molar-refractivity contribution in [3.63, 3.8) is 0 Å². The molecule has 0 saturated heterocycles. The quantitative estimate of drug-likeness (QED) is 0.254. The van der Waals surface area contributed by atoms with Crippen LogP contribution in [-0.2, 0) is 0 Å². The summed E-state index contributed by atoms with van der Waals surface area (Å²) in [6, 6.07) is 19.8. The molecule has 6 N–H and O–H groups in total. The number of para-hydroxylation sites is 2. The molecule has 8 nitrogen and oxygen atoms in total. The molecule has 212 valence electrons. The predicted molar refractivity (Wildman–Crippen MR) is 158 cm³/mol. The van der Waals surface area contributed by atoms with Gasteiger partial charge in [0, 0.05) is 22.5 Å². The van der Waals surface area contributed by atoms with Crippen LogP contribution in [0, 0.1) is 13.8 Å². The van der Waals surface area contributed by atoms with Gasteiger partial charge in [0.1, 0.15) is 0 Å². The van der Waals surface area contributed by atoms with Gasteiger partial charge in [-0.05, 0) is 49.2 Å². The fraction of sp³-hybridized carbons (Fsp3) is 0.0714. The van der Waals surface area contributed by atoms with Crippen molar-refractivity contribution in [2.75, 3.05) is 10.6 Å². The molecule has 0 unspecified atom stereocenters. The summed E-state index contributed by atoms with van der Waals surface area (Å²) in [6.07, 6.45) is 0. The molecule has 0 aliphatic rings. The number of carbonyl (C=O) groups is 2. The molecule has 0 spiro atoms. The van der Waals surface area contributed by atoms with E-state index < -0.39 is 11.9 Å². The summed E-state index contributed by atoms with van der Waals surface area (Å²) in [5, 5.41) is 29.7. The molecular formula is C28H24Cl4N2Na2O6. The zero-order chi connectivity index (χ0) is 28.0. The number of aromatic carboxylic acids is 2. The van der Waals surface area contributed by atoms with Crippen molar-refractivity contribution in [2.45, 2.75) is 13.8 Å². The summed E-state index contributed by atoms with van der Waals surface area (Å²) in [5.41, 5.74) is 3.54. The number of hydrogen-bond donors (Lipinski definition) is 2. The zero-order valence-corrected chi connectivity index (χ0v) is 30.1. The number of hydrogen-bond acceptors (Lipinski definition) is 6. The molecule has 4 rings (SSSR count). The second kappa shape index (κ2) is 19.7. The Morgan fingerprint density at radius 1 is 0.571 bits per heavy atom. The van der Waals surface area contributed by atoms with E-state index in [1.807, 2.05) is 13.8 Å². The van der Waals surface area contributed by atoms with E-state index in [1.165, 1.54) is 12.1 Å². The maximum Gasteiger partial charge on any atom is 1.00 e. The maximum absolute atomic E-state index is 11.0. The van der Waals surface area contributed by atoms with Crippen molar-refractivity contribution >= 4 is 81.1 Å². The minimum atomic E-state index is -1.26. The standard InChI is InChI=1S/2C14H11Cl2NO2.2Na.2H2O/c2*1-8-6-7-10(15)13(12(8)16)17-11-5-3-2-4-9(11)14(18)19;;;;/h2*2-7,17H,1H3,(H,18,19);;;2*1H2/q;;2*+1;;/p-2. The Bertz CT molecular complexity index is 1410. The first-order valence-electron chi connectivity index (χ1n) is 11.0. The van der Waals surface area contributed by atoms with Gasteiger partial charge in [0.15, 0.2) is 0 Å². The molecule has 4 aromatic carbocycles. The average molecular weight is 672 g/mol. The average Bonchev–Trinajstić information content (AvgIpc) is 2.89. The van der Waals surface area contributed by atoms with Crippen molar-refractivity contribution in [1.29, 1.82) is 0 Å². The molecule has 4 aromatic rings. The van der Waals surface area contributed by atoms with E-state index in [1.54, 1.807) is 60.7 Å². The smallest absolute Gasteiger partial charge is 0.545 e. The summed E-state index contributed by atoms with van der Waals surface area (Å²) >= 11 is 24.5. The van der Waals surface area contributed by atoms with Crippen LogP contribution in [0.2, 0.25) is 20.1 Å². The third kappa shape index (κ3) is 10.9. The van der Waals surface area contributed by atoms with E-state index in [0.717, 1.165) is 11.1 Å². The maximum atomic E-state index is 11.0. The van der Waals surface area contributed by atoms with Crippen molar-refractivity contribution in [3.8, 4) is 0 Å². The van der Waals surface area contributed by atoms with Crippen LogP contribution in [0.3, 0.4) is 0 Å². The van der Waals surface area contributed by atoms with Gasteiger partial charge < -0.3 is 41.4 Å². The second-order valence-electron chi connectivity index (χ2n) is 8.02. The van der Waals surface area contributed by atoms with Gasteiger partial charge in [-0.3, -0.25) is 0 Å². The van der Waals surface area contributed by atoms with Crippen LogP contribution >= 0.6 is 46.4 Å². The Hall–Kier alpha value is -1.50. The number of carbonyl (C=O) groups excluding carboxylic acids is 2. The van der Waals surface area contributed by atoms with Crippen LogP contribution < -0.4 is 80.0 Å². The molecule has 0 aromatic heterocycles. The molecule has 42 heavy (non-hydrogen) atoms. The van der Waals surface area contributed by atoms with Crippen LogP contribution in [0.25, 0.3) is 0 Å². The van der Waals surface area contributed by atoms with Gasteiger partial charge in [-0.15, -0.1) is 0 Å². The van der Waals surface area contributed by atoms with Crippen LogP contribution in [0.5, 0.6) is 0 Å². The Morgan fingerprint density at radius 3 is 1.19 bits per heavy atom. The van der Waals surface area contributed by atoms with Crippen LogP contribution in [-0.4, -0.2) is 22.9 Å². The van der Waals surface area contributed by atoms with E-state index in [0.29, 0.717) is 42.8 Å². The van der Waals surface area contributed by atoms with Crippen molar-refractivity contribution < 1.29 is 89.9 Å². The molecule has 0 aliphatic carbocycles. The molecule has 0 bridgehead atoms. The third-order valence-electron chi connectivity index (χ3n) is 5.38. The summed E-state index contributed by atoms with van der Waals surface area (Å²) < 4.78 is 0. The zero-order valence-electron chi connectivity index (χ0n) is 23.1. The van der Waals surface area contributed by atoms with E-state index in [9.17, 15) is 19.8 Å². The topological polar surface area (TPSA) is 167 Å². The van der Waals surface area contributed by atoms with E-state index >= 15 is 0 Å². The molecule has 0 heterocycles. The number of rotatable bonds is 6. The molecule has 0 saturated carbocycles. The normalized spacial score (nSPS) is 9.29. The number of nitrogens with one attached hydrogen (secondary N) is 2. The van der Waals surface area contributed by atoms with Crippen LogP contribution in [0.4, 0.5) is 22.7 Å². The summed E-state index contributed by atoms with van der Waals surface area (Å²) in [6.45, 7) is 3.68. The second-order valence-corrected chi connectivity index (χ2v) is 9.59. The Kier molecular flexibility index (Phi) is 20.0. The van der Waals surface area contributed by atoms with E-state index in [2.05, 4.69) is 10.6 Å². The number of aryl methyl sites for hydroxylation is 2. The number of halogens is 4. The monoisotopic (exact) mass is 670 g/mol. The minimum Gasteiger partial charge on any atom is -0.545 e. The fourth-order valence-electron chi connectivity index (χ4n) is 3.35. The number of carboxylic acid groups (broad SMARTS) is 2. The molecule has 0 aliphatic heterocycles. The van der Waals surface area contributed by atoms with Gasteiger partial charge in [0.2, 0.25) is 0 Å². The summed E-state index contributed by atoms with van der Waals surface area (Å²) in [7, 11) is 0. The number of benzene rings is 4. The van der Waals surface area contributed by atoms with E-state index in [-0.39, 0.29) is 81.2 Å². The molecule has 0 fully saturated rings. The fourth-order valence-corrected chi connectivity index (χ4v) is 4.28. The third-order valence-corrected chi connectivity index (χ3v) is 6.99. The molecule has 0 radical (unpaired) electrons.